The lowest BCUT2D eigenvalue weighted by molar-refractivity contribution is -0.144. The summed E-state index contributed by atoms with van der Waals surface area (Å²) in [6.07, 6.45) is -0.228. The predicted molar refractivity (Wildman–Crippen MR) is 103 cm³/mol. The van der Waals surface area contributed by atoms with Gasteiger partial charge in [0.25, 0.3) is 11.7 Å². The summed E-state index contributed by atoms with van der Waals surface area (Å²) in [5.41, 5.74) is 2.26. The summed E-state index contributed by atoms with van der Waals surface area (Å²) in [7, 11) is 1.23. The molecule has 1 amide bonds. The van der Waals surface area contributed by atoms with Crippen molar-refractivity contribution in [3.63, 3.8) is 0 Å². The molecule has 0 unspecified atom stereocenters. The van der Waals surface area contributed by atoms with Gasteiger partial charge in [-0.25, -0.2) is 9.07 Å². The summed E-state index contributed by atoms with van der Waals surface area (Å²) in [6.45, 7) is 0.589. The van der Waals surface area contributed by atoms with E-state index in [0.717, 1.165) is 23.2 Å². The first-order valence-corrected chi connectivity index (χ1v) is 10.2. The van der Waals surface area contributed by atoms with Gasteiger partial charge in [-0.1, -0.05) is 0 Å². The van der Waals surface area contributed by atoms with Crippen molar-refractivity contribution in [2.75, 3.05) is 0 Å². The van der Waals surface area contributed by atoms with Crippen LogP contribution in [0.2, 0.25) is 0 Å². The van der Waals surface area contributed by atoms with E-state index in [-0.39, 0.29) is 0 Å². The van der Waals surface area contributed by atoms with Crippen LogP contribution in [0.15, 0.2) is 18.3 Å². The van der Waals surface area contributed by atoms with Crippen molar-refractivity contribution in [3.05, 3.63) is 47.2 Å². The summed E-state index contributed by atoms with van der Waals surface area (Å²) in [5, 5.41) is 10.5. The highest BCUT2D eigenvalue weighted by molar-refractivity contribution is 5.91. The van der Waals surface area contributed by atoms with E-state index in [4.69, 9.17) is 0 Å². The maximum absolute atomic E-state index is 14.5. The Morgan fingerprint density at radius 1 is 1.19 bits per heavy atom. The van der Waals surface area contributed by atoms with Crippen molar-refractivity contribution >= 4 is 5.91 Å². The van der Waals surface area contributed by atoms with Gasteiger partial charge in [-0.2, -0.15) is 23.3 Å². The molecule has 0 saturated heterocycles. The number of pyridine rings is 1. The lowest BCUT2D eigenvalue weighted by atomic mass is 10.0. The SMILES string of the molecule is Cn1nc(C(F)(F)F)nc1C(=O)N[C@@H]1CCCn2nc(-c3cc(C4CC4)ncc3F)cc21. The lowest BCUT2D eigenvalue weighted by Crippen LogP contribution is -2.34. The van der Waals surface area contributed by atoms with E-state index in [9.17, 15) is 22.4 Å². The smallest absolute Gasteiger partial charge is 0.341 e. The minimum atomic E-state index is -4.75. The summed E-state index contributed by atoms with van der Waals surface area (Å²) in [5.74, 6) is -2.72. The van der Waals surface area contributed by atoms with Gasteiger partial charge in [-0.15, -0.1) is 5.10 Å². The Morgan fingerprint density at radius 3 is 2.66 bits per heavy atom. The molecule has 8 nitrogen and oxygen atoms in total. The van der Waals surface area contributed by atoms with Gasteiger partial charge >= 0.3 is 6.18 Å². The second-order valence-electron chi connectivity index (χ2n) is 8.09. The molecule has 12 heteroatoms. The van der Waals surface area contributed by atoms with Crippen LogP contribution in [0.25, 0.3) is 11.3 Å². The van der Waals surface area contributed by atoms with E-state index >= 15 is 0 Å². The quantitative estimate of drug-likeness (QED) is 0.617. The van der Waals surface area contributed by atoms with Gasteiger partial charge in [0.05, 0.1) is 23.6 Å². The summed E-state index contributed by atoms with van der Waals surface area (Å²) in [4.78, 5) is 20.1. The summed E-state index contributed by atoms with van der Waals surface area (Å²) in [6, 6.07) is 2.92. The first-order chi connectivity index (χ1) is 15.2. The molecular formula is C20H19F4N7O. The second-order valence-corrected chi connectivity index (χ2v) is 8.09. The molecule has 3 aromatic rings. The third-order valence-electron chi connectivity index (χ3n) is 5.70. The number of hydrogen-bond donors (Lipinski definition) is 1. The Hall–Kier alpha value is -3.31. The molecule has 0 radical (unpaired) electrons. The van der Waals surface area contributed by atoms with Crippen LogP contribution in [-0.2, 0) is 19.8 Å². The van der Waals surface area contributed by atoms with E-state index in [1.54, 1.807) is 16.8 Å². The minimum Gasteiger partial charge on any atom is -0.341 e. The molecule has 1 aliphatic heterocycles. The number of amides is 1. The minimum absolute atomic E-state index is 0.344. The Kier molecular flexibility index (Phi) is 4.75. The van der Waals surface area contributed by atoms with E-state index < -0.39 is 35.6 Å². The highest BCUT2D eigenvalue weighted by Crippen LogP contribution is 2.40. The number of halogens is 4. The van der Waals surface area contributed by atoms with E-state index in [1.165, 1.54) is 13.2 Å². The van der Waals surface area contributed by atoms with Crippen LogP contribution in [0.3, 0.4) is 0 Å². The highest BCUT2D eigenvalue weighted by Gasteiger charge is 2.38. The van der Waals surface area contributed by atoms with Crippen molar-refractivity contribution in [3.8, 4) is 11.3 Å². The number of aromatic nitrogens is 6. The van der Waals surface area contributed by atoms with Crippen LogP contribution in [-0.4, -0.2) is 35.4 Å². The van der Waals surface area contributed by atoms with Gasteiger partial charge in [0, 0.05) is 30.8 Å². The number of carbonyl (C=O) groups is 1. The molecule has 1 N–H and O–H groups in total. The van der Waals surface area contributed by atoms with Crippen LogP contribution >= 0.6 is 0 Å². The Morgan fingerprint density at radius 2 is 1.97 bits per heavy atom. The number of carbonyl (C=O) groups excluding carboxylic acids is 1. The molecule has 0 spiro atoms. The number of alkyl halides is 3. The molecule has 1 aliphatic carbocycles. The first kappa shape index (κ1) is 20.6. The number of nitrogens with zero attached hydrogens (tertiary/aromatic N) is 6. The molecule has 32 heavy (non-hydrogen) atoms. The molecule has 5 rings (SSSR count). The molecule has 3 aromatic heterocycles. The number of aryl methyl sites for hydroxylation is 2. The molecule has 0 bridgehead atoms. The number of rotatable bonds is 4. The van der Waals surface area contributed by atoms with Crippen LogP contribution in [0.5, 0.6) is 0 Å². The van der Waals surface area contributed by atoms with E-state index in [0.29, 0.717) is 42.3 Å². The Bertz CT molecular complexity index is 1200. The van der Waals surface area contributed by atoms with Crippen molar-refractivity contribution < 1.29 is 22.4 Å². The Labute approximate surface area is 179 Å². The van der Waals surface area contributed by atoms with Crippen molar-refractivity contribution in [1.29, 1.82) is 0 Å². The first-order valence-electron chi connectivity index (χ1n) is 10.2. The zero-order valence-electron chi connectivity index (χ0n) is 17.0. The van der Waals surface area contributed by atoms with Crippen molar-refractivity contribution in [2.45, 2.75) is 50.4 Å². The normalized spacial score (nSPS) is 18.5. The fourth-order valence-corrected chi connectivity index (χ4v) is 3.94. The summed E-state index contributed by atoms with van der Waals surface area (Å²) >= 11 is 0. The van der Waals surface area contributed by atoms with E-state index in [1.807, 2.05) is 0 Å². The lowest BCUT2D eigenvalue weighted by Gasteiger charge is -2.24. The van der Waals surface area contributed by atoms with Gasteiger partial charge < -0.3 is 5.32 Å². The standard InChI is InChI=1S/C20H19F4N7O/c1-30-17(27-19(29-30)20(22,23)24)18(32)26-13-3-2-6-31-16(13)8-15(28-31)11-7-14(10-4-5-10)25-9-12(11)21/h7-10,13H,2-6H2,1H3,(H,26,32)/t13-/m1/s1. The zero-order chi connectivity index (χ0) is 22.6. The third kappa shape index (κ3) is 3.73. The van der Waals surface area contributed by atoms with Crippen LogP contribution in [0.1, 0.15) is 65.5 Å². The van der Waals surface area contributed by atoms with Gasteiger partial charge in [0.1, 0.15) is 0 Å². The van der Waals surface area contributed by atoms with Gasteiger partial charge in [0.2, 0.25) is 5.82 Å². The summed E-state index contributed by atoms with van der Waals surface area (Å²) < 4.78 is 55.6. The maximum atomic E-state index is 14.5. The van der Waals surface area contributed by atoms with Gasteiger partial charge in [0.15, 0.2) is 5.82 Å². The van der Waals surface area contributed by atoms with Crippen molar-refractivity contribution in [1.82, 2.24) is 34.8 Å². The zero-order valence-corrected chi connectivity index (χ0v) is 17.0. The molecule has 1 saturated carbocycles. The average Bonchev–Trinajstić information content (AvgIpc) is 3.35. The molecular weight excluding hydrogens is 430 g/mol. The number of fused-ring (bicyclic) bond motifs is 1. The highest BCUT2D eigenvalue weighted by atomic mass is 19.4. The largest absolute Gasteiger partial charge is 0.453 e. The molecule has 1 atom stereocenters. The monoisotopic (exact) mass is 449 g/mol. The number of nitrogens with one attached hydrogen (secondary N) is 1. The second kappa shape index (κ2) is 7.38. The average molecular weight is 449 g/mol. The van der Waals surface area contributed by atoms with Crippen molar-refractivity contribution in [2.24, 2.45) is 7.05 Å². The molecule has 0 aromatic carbocycles. The van der Waals surface area contributed by atoms with Crippen LogP contribution in [0.4, 0.5) is 17.6 Å². The van der Waals surface area contributed by atoms with Gasteiger partial charge in [-0.3, -0.25) is 14.5 Å². The molecule has 2 aliphatic rings. The fraction of sp³-hybridized carbons (Fsp3) is 0.450. The number of hydrogen-bond acceptors (Lipinski definition) is 5. The third-order valence-corrected chi connectivity index (χ3v) is 5.70. The maximum Gasteiger partial charge on any atom is 0.453 e. The Balaban J connectivity index is 1.41. The van der Waals surface area contributed by atoms with Crippen LogP contribution in [0, 0.1) is 5.82 Å². The molecule has 4 heterocycles. The van der Waals surface area contributed by atoms with Crippen LogP contribution < -0.4 is 5.32 Å². The predicted octanol–water partition coefficient (Wildman–Crippen LogP) is 3.37. The topological polar surface area (TPSA) is 90.5 Å². The molecule has 1 fully saturated rings. The fourth-order valence-electron chi connectivity index (χ4n) is 3.94. The van der Waals surface area contributed by atoms with E-state index in [2.05, 4.69) is 25.5 Å². The molecule has 168 valence electrons. The van der Waals surface area contributed by atoms with Gasteiger partial charge in [-0.05, 0) is 37.8 Å².